The highest BCUT2D eigenvalue weighted by Gasteiger charge is 2.26. The Kier molecular flexibility index (Phi) is 28.6. The summed E-state index contributed by atoms with van der Waals surface area (Å²) in [7, 11) is 1.68. The number of likely N-dealkylation sites (N-methyl/N-ethyl adjacent to an activating group) is 1. The first-order valence-electron chi connectivity index (χ1n) is 17.8. The number of rotatable bonds is 33. The number of unbranched alkanes of at least 4 members (excludes halogenated alkanes) is 19. The van der Waals surface area contributed by atoms with Gasteiger partial charge in [0.05, 0.1) is 34.4 Å². The molecule has 2 unspecified atom stereocenters. The summed E-state index contributed by atoms with van der Waals surface area (Å²) in [5.41, 5.74) is 0. The summed E-state index contributed by atoms with van der Waals surface area (Å²) in [6, 6.07) is 0. The van der Waals surface area contributed by atoms with Gasteiger partial charge in [-0.05, 0) is 12.8 Å². The molecule has 0 bridgehead atoms. The van der Waals surface area contributed by atoms with Crippen molar-refractivity contribution in [2.45, 2.75) is 161 Å². The highest BCUT2D eigenvalue weighted by Crippen LogP contribution is 2.43. The summed E-state index contributed by atoms with van der Waals surface area (Å²) in [6.07, 6.45) is 25.5. The second kappa shape index (κ2) is 28.9. The van der Waals surface area contributed by atoms with Crippen LogP contribution in [0.2, 0.25) is 0 Å². The second-order valence-corrected chi connectivity index (χ2v) is 14.7. The van der Waals surface area contributed by atoms with Crippen molar-refractivity contribution in [2.24, 2.45) is 0 Å². The molecule has 0 aromatic rings. The molecule has 1 N–H and O–H groups in total. The van der Waals surface area contributed by atoms with Crippen LogP contribution >= 0.6 is 7.82 Å². The van der Waals surface area contributed by atoms with Crippen molar-refractivity contribution in [1.29, 1.82) is 0 Å². The number of phosphoric ester groups is 1. The van der Waals surface area contributed by atoms with Gasteiger partial charge in [-0.25, -0.2) is 4.57 Å². The average molecular weight is 637 g/mol. The maximum Gasteiger partial charge on any atom is 0.472 e. The molecular formula is C34H71NO7P+. The Morgan fingerprint density at radius 3 is 1.53 bits per heavy atom. The lowest BCUT2D eigenvalue weighted by Crippen LogP contribution is -2.37. The maximum absolute atomic E-state index is 12.5. The molecule has 0 fully saturated rings. The van der Waals surface area contributed by atoms with E-state index in [9.17, 15) is 14.3 Å². The van der Waals surface area contributed by atoms with Crippen molar-refractivity contribution in [2.75, 3.05) is 54.1 Å². The Labute approximate surface area is 266 Å². The van der Waals surface area contributed by atoms with Gasteiger partial charge >= 0.3 is 13.8 Å². The van der Waals surface area contributed by atoms with Crippen LogP contribution in [0, 0.1) is 0 Å². The van der Waals surface area contributed by atoms with Gasteiger partial charge in [0.2, 0.25) is 0 Å². The third-order valence-corrected chi connectivity index (χ3v) is 8.65. The molecule has 0 aromatic heterocycles. The third kappa shape index (κ3) is 32.7. The Morgan fingerprint density at radius 1 is 0.628 bits per heavy atom. The lowest BCUT2D eigenvalue weighted by molar-refractivity contribution is -0.870. The minimum absolute atomic E-state index is 0.0930. The van der Waals surface area contributed by atoms with Crippen LogP contribution in [0.1, 0.15) is 155 Å². The molecule has 258 valence electrons. The van der Waals surface area contributed by atoms with E-state index in [0.717, 1.165) is 32.1 Å². The zero-order valence-electron chi connectivity index (χ0n) is 29.0. The first-order valence-corrected chi connectivity index (χ1v) is 19.3. The van der Waals surface area contributed by atoms with Gasteiger partial charge in [-0.2, -0.15) is 0 Å². The molecule has 0 saturated heterocycles. The zero-order valence-corrected chi connectivity index (χ0v) is 29.9. The number of ether oxygens (including phenoxy) is 2. The molecule has 0 amide bonds. The average Bonchev–Trinajstić information content (AvgIpc) is 2.94. The molecular weight excluding hydrogens is 565 g/mol. The molecule has 0 heterocycles. The monoisotopic (exact) mass is 636 g/mol. The maximum atomic E-state index is 12.5. The van der Waals surface area contributed by atoms with Gasteiger partial charge in [-0.1, -0.05) is 136 Å². The quantitative estimate of drug-likeness (QED) is 0.0332. The fourth-order valence-electron chi connectivity index (χ4n) is 4.85. The number of esters is 1. The van der Waals surface area contributed by atoms with Crippen LogP contribution in [-0.2, 0) is 27.9 Å². The van der Waals surface area contributed by atoms with Crippen molar-refractivity contribution in [3.63, 3.8) is 0 Å². The van der Waals surface area contributed by atoms with Crippen LogP contribution < -0.4 is 0 Å². The van der Waals surface area contributed by atoms with Crippen LogP contribution in [0.5, 0.6) is 0 Å². The normalized spacial score (nSPS) is 14.1. The van der Waals surface area contributed by atoms with Gasteiger partial charge < -0.3 is 18.9 Å². The predicted molar refractivity (Wildman–Crippen MR) is 178 cm³/mol. The van der Waals surface area contributed by atoms with Crippen molar-refractivity contribution >= 4 is 13.8 Å². The molecule has 2 atom stereocenters. The van der Waals surface area contributed by atoms with E-state index in [1.165, 1.54) is 103 Å². The number of hydrogen-bond acceptors (Lipinski definition) is 6. The largest absolute Gasteiger partial charge is 0.472 e. The van der Waals surface area contributed by atoms with Crippen LogP contribution in [0.3, 0.4) is 0 Å². The van der Waals surface area contributed by atoms with Gasteiger partial charge in [0.15, 0.2) is 0 Å². The fraction of sp³-hybridized carbons (Fsp3) is 0.971. The van der Waals surface area contributed by atoms with E-state index < -0.39 is 13.9 Å². The molecule has 43 heavy (non-hydrogen) atoms. The van der Waals surface area contributed by atoms with Gasteiger partial charge in [-0.3, -0.25) is 13.8 Å². The van der Waals surface area contributed by atoms with Crippen LogP contribution in [-0.4, -0.2) is 75.6 Å². The lowest BCUT2D eigenvalue weighted by atomic mass is 10.0. The summed E-state index contributed by atoms with van der Waals surface area (Å²) in [5.74, 6) is -0.314. The van der Waals surface area contributed by atoms with Gasteiger partial charge in [0, 0.05) is 13.0 Å². The fourth-order valence-corrected chi connectivity index (χ4v) is 5.59. The number of phosphoric acid groups is 1. The predicted octanol–water partition coefficient (Wildman–Crippen LogP) is 9.38. The molecule has 0 saturated carbocycles. The summed E-state index contributed by atoms with van der Waals surface area (Å²) < 4.78 is 34.7. The van der Waals surface area contributed by atoms with Gasteiger partial charge in [0.25, 0.3) is 0 Å². The van der Waals surface area contributed by atoms with Crippen LogP contribution in [0.4, 0.5) is 0 Å². The summed E-state index contributed by atoms with van der Waals surface area (Å²) in [6.45, 7) is 5.61. The first-order chi connectivity index (χ1) is 20.6. The summed E-state index contributed by atoms with van der Waals surface area (Å²) in [4.78, 5) is 22.6. The van der Waals surface area contributed by atoms with E-state index in [1.807, 2.05) is 21.1 Å². The number of carbonyl (C=O) groups is 1. The Morgan fingerprint density at radius 2 is 1.07 bits per heavy atom. The number of carbonyl (C=O) groups excluding carboxylic acids is 1. The van der Waals surface area contributed by atoms with Crippen molar-refractivity contribution < 1.29 is 37.3 Å². The minimum Gasteiger partial charge on any atom is -0.457 e. The molecule has 0 aromatic carbocycles. The molecule has 0 aliphatic carbocycles. The molecule has 0 aliphatic heterocycles. The SMILES string of the molecule is CCCCCCCCCCCCCCCC(=O)OC(COCCCCCCCCCC)COP(=O)(O)OCC[N+](C)(C)C. The van der Waals surface area contributed by atoms with Crippen LogP contribution in [0.25, 0.3) is 0 Å². The molecule has 0 spiro atoms. The van der Waals surface area contributed by atoms with E-state index >= 15 is 0 Å². The zero-order chi connectivity index (χ0) is 32.1. The molecule has 8 nitrogen and oxygen atoms in total. The smallest absolute Gasteiger partial charge is 0.457 e. The van der Waals surface area contributed by atoms with E-state index in [0.29, 0.717) is 24.1 Å². The summed E-state index contributed by atoms with van der Waals surface area (Å²) >= 11 is 0. The lowest BCUT2D eigenvalue weighted by Gasteiger charge is -2.24. The Hall–Kier alpha value is -0.500. The number of quaternary nitrogens is 1. The third-order valence-electron chi connectivity index (χ3n) is 7.67. The molecule has 0 rings (SSSR count). The van der Waals surface area contributed by atoms with E-state index in [1.54, 1.807) is 0 Å². The Balaban J connectivity index is 4.28. The van der Waals surface area contributed by atoms with Crippen molar-refractivity contribution in [1.82, 2.24) is 0 Å². The molecule has 0 aliphatic rings. The van der Waals surface area contributed by atoms with E-state index in [2.05, 4.69) is 13.8 Å². The molecule has 9 heteroatoms. The minimum atomic E-state index is -4.25. The second-order valence-electron chi connectivity index (χ2n) is 13.3. The highest BCUT2D eigenvalue weighted by molar-refractivity contribution is 7.47. The van der Waals surface area contributed by atoms with E-state index in [4.69, 9.17) is 18.5 Å². The van der Waals surface area contributed by atoms with Crippen molar-refractivity contribution in [3.05, 3.63) is 0 Å². The van der Waals surface area contributed by atoms with Crippen molar-refractivity contribution in [3.8, 4) is 0 Å². The number of nitrogens with zero attached hydrogens (tertiary/aromatic N) is 1. The topological polar surface area (TPSA) is 91.3 Å². The van der Waals surface area contributed by atoms with Gasteiger partial charge in [-0.15, -0.1) is 0 Å². The Bertz CT molecular complexity index is 672. The van der Waals surface area contributed by atoms with Gasteiger partial charge in [0.1, 0.15) is 19.3 Å². The van der Waals surface area contributed by atoms with Crippen LogP contribution in [0.15, 0.2) is 0 Å². The molecule has 0 radical (unpaired) electrons. The number of hydrogen-bond donors (Lipinski definition) is 1. The standard InChI is InChI=1S/C34H70NO7P/c1-6-8-10-12-14-16-17-18-19-20-21-23-25-27-34(36)42-33(31-39-29-26-24-22-15-13-11-9-7-2)32-41-43(37,38)40-30-28-35(3,4)5/h33H,6-32H2,1-5H3/p+1. The first kappa shape index (κ1) is 42.5. The summed E-state index contributed by atoms with van der Waals surface area (Å²) in [5, 5.41) is 0. The van der Waals surface area contributed by atoms with E-state index in [-0.39, 0.29) is 25.8 Å². The highest BCUT2D eigenvalue weighted by atomic mass is 31.2.